The van der Waals surface area contributed by atoms with E-state index in [1.165, 1.54) is 0 Å². The van der Waals surface area contributed by atoms with Gasteiger partial charge in [0.2, 0.25) is 5.91 Å². The highest BCUT2D eigenvalue weighted by atomic mass is 32.2. The average Bonchev–Trinajstić information content (AvgIpc) is 3.09. The van der Waals surface area contributed by atoms with Crippen LogP contribution in [0.5, 0.6) is 5.75 Å². The van der Waals surface area contributed by atoms with Gasteiger partial charge in [0.15, 0.2) is 9.84 Å². The highest BCUT2D eigenvalue weighted by Gasteiger charge is 2.31. The van der Waals surface area contributed by atoms with E-state index in [1.54, 1.807) is 11.8 Å². The van der Waals surface area contributed by atoms with Crippen molar-refractivity contribution in [3.63, 3.8) is 0 Å². The summed E-state index contributed by atoms with van der Waals surface area (Å²) in [6.07, 6.45) is 0.801. The molecule has 26 heavy (non-hydrogen) atoms. The van der Waals surface area contributed by atoms with E-state index < -0.39 is 9.84 Å². The van der Waals surface area contributed by atoms with Crippen molar-refractivity contribution in [3.8, 4) is 5.75 Å². The molecule has 1 amide bonds. The highest BCUT2D eigenvalue weighted by molar-refractivity contribution is 7.91. The van der Waals surface area contributed by atoms with E-state index in [0.717, 1.165) is 17.0 Å². The summed E-state index contributed by atoms with van der Waals surface area (Å²) in [7, 11) is -1.39. The Morgan fingerprint density at radius 3 is 2.58 bits per heavy atom. The van der Waals surface area contributed by atoms with Crippen LogP contribution in [0.3, 0.4) is 0 Å². The molecule has 1 fully saturated rings. The normalized spacial score (nSPS) is 18.7. The second-order valence-electron chi connectivity index (χ2n) is 6.62. The number of methoxy groups -OCH3 is 1. The Labute approximate surface area is 153 Å². The van der Waals surface area contributed by atoms with Gasteiger partial charge in [-0.3, -0.25) is 9.48 Å². The van der Waals surface area contributed by atoms with Crippen LogP contribution in [0.25, 0.3) is 0 Å². The Bertz CT molecular complexity index is 917. The number of anilines is 1. The van der Waals surface area contributed by atoms with E-state index in [2.05, 4.69) is 10.4 Å². The lowest BCUT2D eigenvalue weighted by atomic mass is 10.1. The van der Waals surface area contributed by atoms with Gasteiger partial charge in [-0.05, 0) is 38.0 Å². The fraction of sp³-hybridized carbons (Fsp3) is 0.444. The van der Waals surface area contributed by atoms with Gasteiger partial charge in [0.25, 0.3) is 0 Å². The maximum Gasteiger partial charge on any atom is 0.228 e. The first-order valence-electron chi connectivity index (χ1n) is 8.48. The number of nitrogens with one attached hydrogen (secondary N) is 1. The van der Waals surface area contributed by atoms with Crippen LogP contribution >= 0.6 is 0 Å². The van der Waals surface area contributed by atoms with Gasteiger partial charge >= 0.3 is 0 Å². The van der Waals surface area contributed by atoms with Gasteiger partial charge in [0.05, 0.1) is 48.2 Å². The Morgan fingerprint density at radius 1 is 1.31 bits per heavy atom. The molecule has 1 aromatic carbocycles. The van der Waals surface area contributed by atoms with Crippen molar-refractivity contribution in [2.45, 2.75) is 32.7 Å². The first-order valence-corrected chi connectivity index (χ1v) is 10.3. The van der Waals surface area contributed by atoms with Crippen LogP contribution in [0.1, 0.15) is 29.4 Å². The van der Waals surface area contributed by atoms with Crippen LogP contribution in [0.2, 0.25) is 0 Å². The number of rotatable bonds is 5. The second kappa shape index (κ2) is 7.11. The highest BCUT2D eigenvalue weighted by Crippen LogP contribution is 2.29. The number of hydrogen-bond acceptors (Lipinski definition) is 5. The number of carbonyl (C=O) groups excluding carboxylic acids is 1. The zero-order chi connectivity index (χ0) is 18.9. The predicted molar refractivity (Wildman–Crippen MR) is 99.3 cm³/mol. The topological polar surface area (TPSA) is 90.3 Å². The molecule has 1 aromatic heterocycles. The fourth-order valence-corrected chi connectivity index (χ4v) is 4.97. The van der Waals surface area contributed by atoms with Crippen LogP contribution in [-0.4, -0.2) is 42.7 Å². The van der Waals surface area contributed by atoms with Gasteiger partial charge in [-0.25, -0.2) is 8.42 Å². The molecule has 8 heteroatoms. The van der Waals surface area contributed by atoms with Gasteiger partial charge in [0, 0.05) is 0 Å². The Morgan fingerprint density at radius 2 is 2.00 bits per heavy atom. The first kappa shape index (κ1) is 18.4. The van der Waals surface area contributed by atoms with Crippen molar-refractivity contribution in [2.24, 2.45) is 0 Å². The molecule has 0 spiro atoms. The summed E-state index contributed by atoms with van der Waals surface area (Å²) in [5.74, 6) is 0.900. The zero-order valence-electron chi connectivity index (χ0n) is 15.2. The Balaban J connectivity index is 1.72. The molecular weight excluding hydrogens is 354 g/mol. The van der Waals surface area contributed by atoms with Gasteiger partial charge in [-0.15, -0.1) is 0 Å². The van der Waals surface area contributed by atoms with Gasteiger partial charge < -0.3 is 10.1 Å². The molecule has 140 valence electrons. The number of sulfone groups is 1. The molecule has 1 atom stereocenters. The van der Waals surface area contributed by atoms with Crippen LogP contribution in [0.15, 0.2) is 24.3 Å². The number of hydrogen-bond donors (Lipinski definition) is 1. The number of amides is 1. The second-order valence-corrected chi connectivity index (χ2v) is 8.85. The molecule has 1 aliphatic rings. The predicted octanol–water partition coefficient (Wildman–Crippen LogP) is 2.05. The number of benzene rings is 1. The molecule has 1 aliphatic heterocycles. The van der Waals surface area contributed by atoms with Crippen LogP contribution in [0, 0.1) is 13.8 Å². The summed E-state index contributed by atoms with van der Waals surface area (Å²) in [6, 6.07) is 7.18. The molecule has 7 nitrogen and oxygen atoms in total. The summed E-state index contributed by atoms with van der Waals surface area (Å²) in [6.45, 7) is 3.67. The molecule has 0 radical (unpaired) electrons. The summed E-state index contributed by atoms with van der Waals surface area (Å²) in [5.41, 5.74) is 3.02. The van der Waals surface area contributed by atoms with Crippen molar-refractivity contribution in [1.29, 1.82) is 0 Å². The van der Waals surface area contributed by atoms with E-state index in [4.69, 9.17) is 4.74 Å². The molecule has 2 aromatic rings. The van der Waals surface area contributed by atoms with Crippen molar-refractivity contribution in [1.82, 2.24) is 9.78 Å². The van der Waals surface area contributed by atoms with Crippen LogP contribution < -0.4 is 10.1 Å². The minimum atomic E-state index is -2.99. The minimum Gasteiger partial charge on any atom is -0.497 e. The smallest absolute Gasteiger partial charge is 0.228 e. The van der Waals surface area contributed by atoms with E-state index in [0.29, 0.717) is 17.8 Å². The number of aryl methyl sites for hydroxylation is 1. The standard InChI is InChI=1S/C18H23N3O4S/c1-12-18(13(2)21(20-12)15-8-9-26(23,24)11-15)19-17(22)10-14-4-6-16(25-3)7-5-14/h4-7,15H,8-11H2,1-3H3,(H,19,22). The largest absolute Gasteiger partial charge is 0.497 e. The average molecular weight is 377 g/mol. The monoisotopic (exact) mass is 377 g/mol. The molecule has 0 saturated carbocycles. The maximum absolute atomic E-state index is 12.4. The van der Waals surface area contributed by atoms with Gasteiger partial charge in [-0.2, -0.15) is 5.10 Å². The molecule has 0 bridgehead atoms. The maximum atomic E-state index is 12.4. The molecule has 1 unspecified atom stereocenters. The number of carbonyl (C=O) groups is 1. The fourth-order valence-electron chi connectivity index (χ4n) is 3.28. The van der Waals surface area contributed by atoms with Crippen molar-refractivity contribution >= 4 is 21.4 Å². The molecular formula is C18H23N3O4S. The molecule has 0 aliphatic carbocycles. The van der Waals surface area contributed by atoms with E-state index in [-0.39, 0.29) is 29.9 Å². The lowest BCUT2D eigenvalue weighted by molar-refractivity contribution is -0.115. The Hall–Kier alpha value is -2.35. The van der Waals surface area contributed by atoms with Gasteiger partial charge in [0.1, 0.15) is 5.75 Å². The Kier molecular flexibility index (Phi) is 5.04. The van der Waals surface area contributed by atoms with Crippen molar-refractivity contribution in [3.05, 3.63) is 41.2 Å². The minimum absolute atomic E-state index is 0.105. The number of aromatic nitrogens is 2. The molecule has 1 N–H and O–H groups in total. The van der Waals surface area contributed by atoms with Crippen molar-refractivity contribution < 1.29 is 17.9 Å². The van der Waals surface area contributed by atoms with Crippen LogP contribution in [0.4, 0.5) is 5.69 Å². The van der Waals surface area contributed by atoms with E-state index >= 15 is 0 Å². The summed E-state index contributed by atoms with van der Waals surface area (Å²) in [4.78, 5) is 12.4. The third kappa shape index (κ3) is 3.90. The van der Waals surface area contributed by atoms with E-state index in [1.807, 2.05) is 38.1 Å². The lowest BCUT2D eigenvalue weighted by Gasteiger charge is -2.12. The van der Waals surface area contributed by atoms with Gasteiger partial charge in [-0.1, -0.05) is 12.1 Å². The van der Waals surface area contributed by atoms with Crippen LogP contribution in [-0.2, 0) is 21.1 Å². The summed E-state index contributed by atoms with van der Waals surface area (Å²) in [5, 5.41) is 7.38. The third-order valence-corrected chi connectivity index (χ3v) is 6.42. The first-order chi connectivity index (χ1) is 12.3. The molecule has 1 saturated heterocycles. The number of nitrogens with zero attached hydrogens (tertiary/aromatic N) is 2. The third-order valence-electron chi connectivity index (χ3n) is 4.67. The lowest BCUT2D eigenvalue weighted by Crippen LogP contribution is -2.16. The van der Waals surface area contributed by atoms with Crippen molar-refractivity contribution in [2.75, 3.05) is 23.9 Å². The number of ether oxygens (including phenoxy) is 1. The molecule has 3 rings (SSSR count). The summed E-state index contributed by atoms with van der Waals surface area (Å²) >= 11 is 0. The quantitative estimate of drug-likeness (QED) is 0.861. The molecule has 2 heterocycles. The SMILES string of the molecule is COc1ccc(CC(=O)Nc2c(C)nn(C3CCS(=O)(=O)C3)c2C)cc1. The summed E-state index contributed by atoms with van der Waals surface area (Å²) < 4.78 is 30.3. The van der Waals surface area contributed by atoms with E-state index in [9.17, 15) is 13.2 Å². The zero-order valence-corrected chi connectivity index (χ0v) is 16.0.